The second-order valence-corrected chi connectivity index (χ2v) is 7.73. The molecule has 0 radical (unpaired) electrons. The number of benzene rings is 1. The van der Waals surface area contributed by atoms with E-state index in [1.165, 1.54) is 27.4 Å². The Morgan fingerprint density at radius 1 is 1.14 bits per heavy atom. The van der Waals surface area contributed by atoms with Gasteiger partial charge in [-0.3, -0.25) is 0 Å². The van der Waals surface area contributed by atoms with Crippen LogP contribution in [0.5, 0.6) is 0 Å². The van der Waals surface area contributed by atoms with Crippen LogP contribution in [0.25, 0.3) is 5.57 Å². The van der Waals surface area contributed by atoms with Gasteiger partial charge in [0.1, 0.15) is 0 Å². The second kappa shape index (κ2) is 6.40. The highest BCUT2D eigenvalue weighted by atomic mass is 32.2. The Morgan fingerprint density at radius 3 is 2.55 bits per heavy atom. The lowest BCUT2D eigenvalue weighted by Crippen LogP contribution is -2.36. The van der Waals surface area contributed by atoms with Gasteiger partial charge in [-0.2, -0.15) is 4.31 Å². The highest BCUT2D eigenvalue weighted by Gasteiger charge is 2.20. The van der Waals surface area contributed by atoms with Gasteiger partial charge in [0, 0.05) is 31.9 Å². The standard InChI is InChI=1S/C16H22N2O3S/c1-22(19,20)18-7-5-14(6-8-18)15-3-2-4-16(13-15)17-9-11-21-12-10-17/h2-5,13H,6-12H2,1H3. The van der Waals surface area contributed by atoms with Crippen LogP contribution in [0.3, 0.4) is 0 Å². The molecule has 5 nitrogen and oxygen atoms in total. The molecule has 2 aliphatic heterocycles. The molecule has 0 spiro atoms. The van der Waals surface area contributed by atoms with E-state index >= 15 is 0 Å². The zero-order chi connectivity index (χ0) is 15.6. The minimum atomic E-state index is -3.09. The predicted octanol–water partition coefficient (Wildman–Crippen LogP) is 1.57. The highest BCUT2D eigenvalue weighted by molar-refractivity contribution is 7.88. The van der Waals surface area contributed by atoms with Gasteiger partial charge in [-0.15, -0.1) is 0 Å². The molecule has 1 fully saturated rings. The maximum atomic E-state index is 11.6. The second-order valence-electron chi connectivity index (χ2n) is 5.75. The van der Waals surface area contributed by atoms with E-state index in [0.29, 0.717) is 13.1 Å². The first-order valence-electron chi connectivity index (χ1n) is 7.61. The van der Waals surface area contributed by atoms with E-state index in [2.05, 4.69) is 29.2 Å². The van der Waals surface area contributed by atoms with E-state index in [-0.39, 0.29) is 0 Å². The van der Waals surface area contributed by atoms with Gasteiger partial charge in [0.05, 0.1) is 19.5 Å². The lowest BCUT2D eigenvalue weighted by molar-refractivity contribution is 0.122. The van der Waals surface area contributed by atoms with Crippen LogP contribution in [-0.2, 0) is 14.8 Å². The Labute approximate surface area is 132 Å². The summed E-state index contributed by atoms with van der Waals surface area (Å²) < 4.78 is 30.0. The van der Waals surface area contributed by atoms with Gasteiger partial charge in [0.25, 0.3) is 0 Å². The van der Waals surface area contributed by atoms with Gasteiger partial charge in [0.2, 0.25) is 10.0 Å². The van der Waals surface area contributed by atoms with E-state index in [9.17, 15) is 8.42 Å². The van der Waals surface area contributed by atoms with Crippen LogP contribution in [-0.4, -0.2) is 58.4 Å². The average molecular weight is 322 g/mol. The van der Waals surface area contributed by atoms with Crippen LogP contribution >= 0.6 is 0 Å². The van der Waals surface area contributed by atoms with E-state index in [1.54, 1.807) is 0 Å². The molecule has 0 amide bonds. The quantitative estimate of drug-likeness (QED) is 0.848. The van der Waals surface area contributed by atoms with Crippen LogP contribution in [0, 0.1) is 0 Å². The molecule has 0 atom stereocenters. The zero-order valence-corrected chi connectivity index (χ0v) is 13.7. The van der Waals surface area contributed by atoms with Gasteiger partial charge in [-0.05, 0) is 29.7 Å². The number of hydrogen-bond acceptors (Lipinski definition) is 4. The summed E-state index contributed by atoms with van der Waals surface area (Å²) in [6, 6.07) is 8.50. The molecule has 1 aromatic carbocycles. The highest BCUT2D eigenvalue weighted by Crippen LogP contribution is 2.27. The first-order valence-corrected chi connectivity index (χ1v) is 9.46. The summed E-state index contributed by atoms with van der Waals surface area (Å²) in [6.45, 7) is 4.42. The predicted molar refractivity (Wildman–Crippen MR) is 88.5 cm³/mol. The SMILES string of the molecule is CS(=O)(=O)N1CC=C(c2cccc(N3CCOCC3)c2)CC1. The van der Waals surface area contributed by atoms with Crippen LogP contribution in [0.1, 0.15) is 12.0 Å². The smallest absolute Gasteiger partial charge is 0.211 e. The molecule has 2 heterocycles. The van der Waals surface area contributed by atoms with Crippen molar-refractivity contribution in [2.75, 3.05) is 50.5 Å². The molecule has 1 aromatic rings. The minimum Gasteiger partial charge on any atom is -0.378 e. The molecule has 0 aliphatic carbocycles. The summed E-state index contributed by atoms with van der Waals surface area (Å²) in [5, 5.41) is 0. The Morgan fingerprint density at radius 2 is 1.91 bits per heavy atom. The van der Waals surface area contributed by atoms with Crippen LogP contribution in [0.4, 0.5) is 5.69 Å². The molecule has 22 heavy (non-hydrogen) atoms. The number of nitrogens with zero attached hydrogens (tertiary/aromatic N) is 2. The maximum absolute atomic E-state index is 11.6. The molecule has 6 heteroatoms. The van der Waals surface area contributed by atoms with Crippen molar-refractivity contribution >= 4 is 21.3 Å². The fraction of sp³-hybridized carbons (Fsp3) is 0.500. The fourth-order valence-corrected chi connectivity index (χ4v) is 3.71. The fourth-order valence-electron chi connectivity index (χ4n) is 2.94. The molecule has 0 bridgehead atoms. The Bertz CT molecular complexity index is 664. The van der Waals surface area contributed by atoms with E-state index < -0.39 is 10.0 Å². The first-order chi connectivity index (χ1) is 10.5. The Hall–Kier alpha value is -1.37. The van der Waals surface area contributed by atoms with Crippen molar-refractivity contribution < 1.29 is 13.2 Å². The third-order valence-electron chi connectivity index (χ3n) is 4.23. The third kappa shape index (κ3) is 3.51. The van der Waals surface area contributed by atoms with E-state index in [4.69, 9.17) is 4.74 Å². The Kier molecular flexibility index (Phi) is 4.52. The summed E-state index contributed by atoms with van der Waals surface area (Å²) in [7, 11) is -3.09. The molecule has 3 rings (SSSR count). The van der Waals surface area contributed by atoms with Crippen molar-refractivity contribution in [3.8, 4) is 0 Å². The lowest BCUT2D eigenvalue weighted by atomic mass is 9.99. The summed E-state index contributed by atoms with van der Waals surface area (Å²) in [5.74, 6) is 0. The Balaban J connectivity index is 1.77. The normalized spacial score (nSPS) is 20.8. The molecule has 2 aliphatic rings. The van der Waals surface area contributed by atoms with Crippen molar-refractivity contribution in [2.24, 2.45) is 0 Å². The molecule has 0 aromatic heterocycles. The molecule has 0 N–H and O–H groups in total. The molecular weight excluding hydrogens is 300 g/mol. The number of hydrogen-bond donors (Lipinski definition) is 0. The monoisotopic (exact) mass is 322 g/mol. The summed E-state index contributed by atoms with van der Waals surface area (Å²) in [5.41, 5.74) is 3.64. The van der Waals surface area contributed by atoms with E-state index in [0.717, 1.165) is 32.7 Å². The lowest BCUT2D eigenvalue weighted by Gasteiger charge is -2.29. The number of anilines is 1. The molecule has 0 saturated carbocycles. The van der Waals surface area contributed by atoms with Crippen molar-refractivity contribution in [1.29, 1.82) is 0 Å². The average Bonchev–Trinajstić information content (AvgIpc) is 2.55. The summed E-state index contributed by atoms with van der Waals surface area (Å²) in [4.78, 5) is 2.33. The van der Waals surface area contributed by atoms with Crippen LogP contribution in [0.2, 0.25) is 0 Å². The number of ether oxygens (including phenoxy) is 1. The van der Waals surface area contributed by atoms with Crippen molar-refractivity contribution in [2.45, 2.75) is 6.42 Å². The van der Waals surface area contributed by atoms with Gasteiger partial charge < -0.3 is 9.64 Å². The summed E-state index contributed by atoms with van der Waals surface area (Å²) in [6.07, 6.45) is 4.06. The maximum Gasteiger partial charge on any atom is 0.211 e. The summed E-state index contributed by atoms with van der Waals surface area (Å²) >= 11 is 0. The van der Waals surface area contributed by atoms with Crippen molar-refractivity contribution in [3.63, 3.8) is 0 Å². The molecule has 120 valence electrons. The van der Waals surface area contributed by atoms with Gasteiger partial charge in [-0.25, -0.2) is 8.42 Å². The first kappa shape index (κ1) is 15.5. The third-order valence-corrected chi connectivity index (χ3v) is 5.50. The van der Waals surface area contributed by atoms with Crippen LogP contribution in [0.15, 0.2) is 30.3 Å². The molecular formula is C16H22N2O3S. The minimum absolute atomic E-state index is 0.468. The number of sulfonamides is 1. The topological polar surface area (TPSA) is 49.9 Å². The number of rotatable bonds is 3. The van der Waals surface area contributed by atoms with E-state index in [1.807, 2.05) is 6.08 Å². The van der Waals surface area contributed by atoms with Gasteiger partial charge in [-0.1, -0.05) is 18.2 Å². The van der Waals surface area contributed by atoms with Crippen molar-refractivity contribution in [3.05, 3.63) is 35.9 Å². The van der Waals surface area contributed by atoms with Gasteiger partial charge in [0.15, 0.2) is 0 Å². The van der Waals surface area contributed by atoms with Crippen molar-refractivity contribution in [1.82, 2.24) is 4.31 Å². The largest absolute Gasteiger partial charge is 0.378 e. The molecule has 0 unspecified atom stereocenters. The van der Waals surface area contributed by atoms with Gasteiger partial charge >= 0.3 is 0 Å². The van der Waals surface area contributed by atoms with Crippen LogP contribution < -0.4 is 4.90 Å². The molecule has 1 saturated heterocycles. The number of morpholine rings is 1. The zero-order valence-electron chi connectivity index (χ0n) is 12.9.